The van der Waals surface area contributed by atoms with Crippen LogP contribution in [0.5, 0.6) is 0 Å². The molecule has 21 heavy (non-hydrogen) atoms. The minimum Gasteiger partial charge on any atom is -0.393 e. The van der Waals surface area contributed by atoms with Crippen molar-refractivity contribution < 1.29 is 14.2 Å². The molecular weight excluding hydrogens is 270 g/mol. The first-order valence-electron chi connectivity index (χ1n) is 7.41. The zero-order chi connectivity index (χ0) is 15.0. The van der Waals surface area contributed by atoms with Crippen LogP contribution in [0.3, 0.4) is 0 Å². The fraction of sp³-hybridized carbons (Fsp3) is 0.667. The number of aliphatic hydroxyl groups is 1. The van der Waals surface area contributed by atoms with Crippen LogP contribution in [0.1, 0.15) is 61.3 Å². The fourth-order valence-electron chi connectivity index (χ4n) is 2.94. The van der Waals surface area contributed by atoms with Crippen molar-refractivity contribution in [3.05, 3.63) is 28.7 Å². The lowest BCUT2D eigenvalue weighted by Crippen LogP contribution is -2.31. The Morgan fingerprint density at radius 3 is 2.52 bits per heavy atom. The molecule has 1 fully saturated rings. The molecule has 114 valence electrons. The Morgan fingerprint density at radius 1 is 1.19 bits per heavy atom. The summed E-state index contributed by atoms with van der Waals surface area (Å²) in [5.41, 5.74) is 1.77. The minimum atomic E-state index is -0.188. The van der Waals surface area contributed by atoms with Crippen molar-refractivity contribution in [1.29, 1.82) is 0 Å². The summed E-state index contributed by atoms with van der Waals surface area (Å²) < 4.78 is 10.6. The maximum atomic E-state index is 9.64. The SMILES string of the molecule is Cc1noc(C)c1Cc1nc(C2(C)CCC(O)CC2)no1. The van der Waals surface area contributed by atoms with Gasteiger partial charge in [-0.2, -0.15) is 4.98 Å². The Balaban J connectivity index is 1.77. The third-order valence-corrected chi connectivity index (χ3v) is 4.58. The van der Waals surface area contributed by atoms with E-state index in [4.69, 9.17) is 9.05 Å². The van der Waals surface area contributed by atoms with Gasteiger partial charge in [0.05, 0.1) is 18.2 Å². The number of hydrogen-bond donors (Lipinski definition) is 1. The molecule has 0 bridgehead atoms. The van der Waals surface area contributed by atoms with Gasteiger partial charge in [0.25, 0.3) is 0 Å². The summed E-state index contributed by atoms with van der Waals surface area (Å²) in [4.78, 5) is 4.56. The zero-order valence-corrected chi connectivity index (χ0v) is 12.7. The zero-order valence-electron chi connectivity index (χ0n) is 12.7. The van der Waals surface area contributed by atoms with Crippen molar-refractivity contribution in [2.75, 3.05) is 0 Å². The Labute approximate surface area is 123 Å². The average molecular weight is 291 g/mol. The number of aryl methyl sites for hydroxylation is 2. The number of aromatic nitrogens is 3. The molecule has 0 aliphatic heterocycles. The summed E-state index contributed by atoms with van der Waals surface area (Å²) in [7, 11) is 0. The summed E-state index contributed by atoms with van der Waals surface area (Å²) >= 11 is 0. The van der Waals surface area contributed by atoms with E-state index in [-0.39, 0.29) is 11.5 Å². The molecule has 0 saturated heterocycles. The Kier molecular flexibility index (Phi) is 3.57. The van der Waals surface area contributed by atoms with Crippen molar-refractivity contribution in [3.8, 4) is 0 Å². The van der Waals surface area contributed by atoms with Gasteiger partial charge in [-0.15, -0.1) is 0 Å². The summed E-state index contributed by atoms with van der Waals surface area (Å²) in [6.07, 6.45) is 3.73. The van der Waals surface area contributed by atoms with Gasteiger partial charge < -0.3 is 14.2 Å². The second-order valence-corrected chi connectivity index (χ2v) is 6.28. The van der Waals surface area contributed by atoms with Gasteiger partial charge in [0.2, 0.25) is 5.89 Å². The Bertz CT molecular complexity index is 604. The van der Waals surface area contributed by atoms with E-state index in [1.807, 2.05) is 13.8 Å². The van der Waals surface area contributed by atoms with Crippen molar-refractivity contribution >= 4 is 0 Å². The predicted octanol–water partition coefficient (Wildman–Crippen LogP) is 2.46. The number of hydrogen-bond acceptors (Lipinski definition) is 6. The Hall–Kier alpha value is -1.69. The van der Waals surface area contributed by atoms with Gasteiger partial charge in [0.15, 0.2) is 5.82 Å². The number of rotatable bonds is 3. The van der Waals surface area contributed by atoms with Gasteiger partial charge >= 0.3 is 0 Å². The van der Waals surface area contributed by atoms with Crippen molar-refractivity contribution in [1.82, 2.24) is 15.3 Å². The highest BCUT2D eigenvalue weighted by Crippen LogP contribution is 2.37. The molecule has 2 aromatic heterocycles. The quantitative estimate of drug-likeness (QED) is 0.935. The maximum absolute atomic E-state index is 9.64. The minimum absolute atomic E-state index is 0.0975. The lowest BCUT2D eigenvalue weighted by atomic mass is 9.74. The monoisotopic (exact) mass is 291 g/mol. The van der Waals surface area contributed by atoms with Crippen LogP contribution < -0.4 is 0 Å². The normalized spacial score (nSPS) is 26.2. The molecule has 0 spiro atoms. The maximum Gasteiger partial charge on any atom is 0.231 e. The largest absolute Gasteiger partial charge is 0.393 e. The lowest BCUT2D eigenvalue weighted by Gasteiger charge is -2.32. The second-order valence-electron chi connectivity index (χ2n) is 6.28. The first-order chi connectivity index (χ1) is 9.98. The molecule has 1 aliphatic rings. The van der Waals surface area contributed by atoms with Crippen LogP contribution in [0.25, 0.3) is 0 Å². The van der Waals surface area contributed by atoms with Crippen LogP contribution in [0.4, 0.5) is 0 Å². The molecule has 1 aliphatic carbocycles. The highest BCUT2D eigenvalue weighted by molar-refractivity contribution is 5.24. The van der Waals surface area contributed by atoms with Crippen LogP contribution >= 0.6 is 0 Å². The van der Waals surface area contributed by atoms with Gasteiger partial charge in [-0.1, -0.05) is 17.2 Å². The van der Waals surface area contributed by atoms with Gasteiger partial charge in [0, 0.05) is 11.0 Å². The summed E-state index contributed by atoms with van der Waals surface area (Å²) in [6, 6.07) is 0. The molecule has 3 rings (SSSR count). The number of aliphatic hydroxyl groups excluding tert-OH is 1. The molecule has 2 aromatic rings. The van der Waals surface area contributed by atoms with Crippen molar-refractivity contribution in [2.24, 2.45) is 0 Å². The highest BCUT2D eigenvalue weighted by atomic mass is 16.5. The molecule has 6 nitrogen and oxygen atoms in total. The van der Waals surface area contributed by atoms with Crippen LogP contribution in [0, 0.1) is 13.8 Å². The fourth-order valence-corrected chi connectivity index (χ4v) is 2.94. The summed E-state index contributed by atoms with van der Waals surface area (Å²) in [5, 5.41) is 17.7. The van der Waals surface area contributed by atoms with E-state index in [0.29, 0.717) is 12.3 Å². The van der Waals surface area contributed by atoms with Gasteiger partial charge in [0.1, 0.15) is 5.76 Å². The molecule has 2 heterocycles. The molecule has 0 unspecified atom stereocenters. The molecule has 1 saturated carbocycles. The van der Waals surface area contributed by atoms with Crippen molar-refractivity contribution in [2.45, 2.75) is 64.4 Å². The summed E-state index contributed by atoms with van der Waals surface area (Å²) in [6.45, 7) is 5.94. The van der Waals surface area contributed by atoms with Crippen LogP contribution in [-0.2, 0) is 11.8 Å². The molecule has 0 radical (unpaired) electrons. The molecular formula is C15H21N3O3. The van der Waals surface area contributed by atoms with E-state index in [9.17, 15) is 5.11 Å². The summed E-state index contributed by atoms with van der Waals surface area (Å²) in [5.74, 6) is 2.13. The van der Waals surface area contributed by atoms with E-state index in [1.165, 1.54) is 0 Å². The van der Waals surface area contributed by atoms with Crippen LogP contribution in [0.15, 0.2) is 9.05 Å². The molecule has 6 heteroatoms. The third-order valence-electron chi connectivity index (χ3n) is 4.58. The topological polar surface area (TPSA) is 85.2 Å². The van der Waals surface area contributed by atoms with E-state index in [1.54, 1.807) is 0 Å². The second kappa shape index (κ2) is 5.26. The van der Waals surface area contributed by atoms with Gasteiger partial charge in [-0.05, 0) is 39.5 Å². The first-order valence-corrected chi connectivity index (χ1v) is 7.41. The van der Waals surface area contributed by atoms with Gasteiger partial charge in [-0.3, -0.25) is 0 Å². The van der Waals surface area contributed by atoms with Crippen molar-refractivity contribution in [3.63, 3.8) is 0 Å². The smallest absolute Gasteiger partial charge is 0.231 e. The standard InChI is InChI=1S/C15H21N3O3/c1-9-12(10(2)20-17-9)8-13-16-14(18-21-13)15(3)6-4-11(19)5-7-15/h11,19H,4-8H2,1-3H3. The highest BCUT2D eigenvalue weighted by Gasteiger charge is 2.36. The van der Waals surface area contributed by atoms with E-state index < -0.39 is 0 Å². The molecule has 0 atom stereocenters. The first kappa shape index (κ1) is 14.3. The van der Waals surface area contributed by atoms with E-state index >= 15 is 0 Å². The third kappa shape index (κ3) is 2.72. The van der Waals surface area contributed by atoms with Crippen LogP contribution in [0.2, 0.25) is 0 Å². The molecule has 0 aromatic carbocycles. The lowest BCUT2D eigenvalue weighted by molar-refractivity contribution is 0.0971. The molecule has 1 N–H and O–H groups in total. The number of nitrogens with zero attached hydrogens (tertiary/aromatic N) is 3. The Morgan fingerprint density at radius 2 is 1.90 bits per heavy atom. The average Bonchev–Trinajstić information content (AvgIpc) is 3.05. The van der Waals surface area contributed by atoms with E-state index in [0.717, 1.165) is 48.5 Å². The van der Waals surface area contributed by atoms with Crippen LogP contribution in [-0.4, -0.2) is 26.5 Å². The molecule has 0 amide bonds. The predicted molar refractivity (Wildman–Crippen MR) is 74.9 cm³/mol. The van der Waals surface area contributed by atoms with Gasteiger partial charge in [-0.25, -0.2) is 0 Å². The van der Waals surface area contributed by atoms with E-state index in [2.05, 4.69) is 22.2 Å².